The van der Waals surface area contributed by atoms with Gasteiger partial charge in [-0.1, -0.05) is 74.8 Å². The van der Waals surface area contributed by atoms with Gasteiger partial charge in [-0.25, -0.2) is 5.43 Å². The number of rotatable bonds is 9. The molecular formula is C28H30ClIN2O3. The van der Waals surface area contributed by atoms with E-state index < -0.39 is 0 Å². The Hall–Kier alpha value is -2.58. The topological polar surface area (TPSA) is 59.9 Å². The number of halogens is 2. The molecule has 0 saturated heterocycles. The van der Waals surface area contributed by atoms with E-state index in [2.05, 4.69) is 66.0 Å². The zero-order valence-corrected chi connectivity index (χ0v) is 23.3. The first kappa shape index (κ1) is 27.0. The lowest BCUT2D eigenvalue weighted by molar-refractivity contribution is -0.120. The van der Waals surface area contributed by atoms with E-state index in [9.17, 15) is 4.79 Å². The summed E-state index contributed by atoms with van der Waals surface area (Å²) in [6, 6.07) is 19.5. The normalized spacial score (nSPS) is 11.5. The maximum atomic E-state index is 12.3. The zero-order chi connectivity index (χ0) is 25.4. The molecule has 7 heteroatoms. The summed E-state index contributed by atoms with van der Waals surface area (Å²) in [5.74, 6) is 1.08. The number of carbonyl (C=O) groups is 1. The Morgan fingerprint density at radius 1 is 1.09 bits per heavy atom. The van der Waals surface area contributed by atoms with Crippen molar-refractivity contribution in [2.75, 3.05) is 6.61 Å². The van der Waals surface area contributed by atoms with Crippen LogP contribution in [0.15, 0.2) is 65.8 Å². The number of amides is 1. The van der Waals surface area contributed by atoms with Crippen LogP contribution in [-0.4, -0.2) is 18.7 Å². The maximum absolute atomic E-state index is 12.3. The lowest BCUT2D eigenvalue weighted by atomic mass is 9.86. The SMILES string of the molecule is CCOc1cc(/C=N\NC(=O)Cc2ccc(C(C)(C)C)cc2)cc(I)c1OCc1ccccc1Cl. The van der Waals surface area contributed by atoms with Crippen LogP contribution in [0.25, 0.3) is 0 Å². The van der Waals surface area contributed by atoms with E-state index in [0.29, 0.717) is 29.7 Å². The fraction of sp³-hybridized carbons (Fsp3) is 0.286. The standard InChI is InChI=1S/C28H30ClIN2O3/c1-5-34-25-15-20(14-24(30)27(25)35-18-21-8-6-7-9-23(21)29)17-31-32-26(33)16-19-10-12-22(13-11-19)28(2,3)4/h6-15,17H,5,16,18H2,1-4H3,(H,32,33)/b31-17-. The van der Waals surface area contributed by atoms with E-state index in [1.165, 1.54) is 5.56 Å². The molecule has 0 aliphatic heterocycles. The molecule has 0 aromatic heterocycles. The first-order valence-electron chi connectivity index (χ1n) is 11.4. The molecule has 35 heavy (non-hydrogen) atoms. The van der Waals surface area contributed by atoms with Crippen molar-refractivity contribution in [1.29, 1.82) is 0 Å². The quantitative estimate of drug-likeness (QED) is 0.164. The molecular weight excluding hydrogens is 575 g/mol. The molecule has 0 spiro atoms. The second kappa shape index (κ2) is 12.4. The number of hydrogen-bond acceptors (Lipinski definition) is 4. The first-order chi connectivity index (χ1) is 16.7. The summed E-state index contributed by atoms with van der Waals surface area (Å²) >= 11 is 8.45. The lowest BCUT2D eigenvalue weighted by Gasteiger charge is -2.19. The van der Waals surface area contributed by atoms with E-state index in [1.54, 1.807) is 6.21 Å². The lowest BCUT2D eigenvalue weighted by Crippen LogP contribution is -2.20. The van der Waals surface area contributed by atoms with Gasteiger partial charge in [0.2, 0.25) is 5.91 Å². The largest absolute Gasteiger partial charge is 0.490 e. The summed E-state index contributed by atoms with van der Waals surface area (Å²) < 4.78 is 12.7. The number of carbonyl (C=O) groups excluding carboxylic acids is 1. The number of nitrogens with zero attached hydrogens (tertiary/aromatic N) is 1. The molecule has 0 bridgehead atoms. The smallest absolute Gasteiger partial charge is 0.244 e. The zero-order valence-electron chi connectivity index (χ0n) is 20.4. The maximum Gasteiger partial charge on any atom is 0.244 e. The van der Waals surface area contributed by atoms with Crippen molar-refractivity contribution in [3.8, 4) is 11.5 Å². The molecule has 5 nitrogen and oxygen atoms in total. The highest BCUT2D eigenvalue weighted by Gasteiger charge is 2.14. The Bertz CT molecular complexity index is 1190. The van der Waals surface area contributed by atoms with Gasteiger partial charge in [0.1, 0.15) is 6.61 Å². The second-order valence-electron chi connectivity index (χ2n) is 9.06. The highest BCUT2D eigenvalue weighted by Crippen LogP contribution is 2.35. The Labute approximate surface area is 226 Å². The van der Waals surface area contributed by atoms with Gasteiger partial charge < -0.3 is 9.47 Å². The van der Waals surface area contributed by atoms with E-state index in [-0.39, 0.29) is 17.7 Å². The fourth-order valence-corrected chi connectivity index (χ4v) is 4.33. The second-order valence-corrected chi connectivity index (χ2v) is 10.6. The summed E-state index contributed by atoms with van der Waals surface area (Å²) in [5.41, 5.74) is 6.55. The third kappa shape index (κ3) is 7.97. The van der Waals surface area contributed by atoms with Crippen molar-refractivity contribution in [1.82, 2.24) is 5.43 Å². The molecule has 0 atom stereocenters. The third-order valence-corrected chi connectivity index (χ3v) is 6.42. The number of hydrazone groups is 1. The minimum absolute atomic E-state index is 0.0815. The van der Waals surface area contributed by atoms with Gasteiger partial charge >= 0.3 is 0 Å². The van der Waals surface area contributed by atoms with Gasteiger partial charge in [0.25, 0.3) is 0 Å². The van der Waals surface area contributed by atoms with Crippen LogP contribution in [0.3, 0.4) is 0 Å². The number of benzene rings is 3. The van der Waals surface area contributed by atoms with Crippen molar-refractivity contribution < 1.29 is 14.3 Å². The van der Waals surface area contributed by atoms with Crippen LogP contribution in [0.1, 0.15) is 49.9 Å². The molecule has 0 aliphatic carbocycles. The van der Waals surface area contributed by atoms with E-state index in [0.717, 1.165) is 20.3 Å². The van der Waals surface area contributed by atoms with Crippen molar-refractivity contribution in [3.05, 3.63) is 91.5 Å². The fourth-order valence-electron chi connectivity index (χ4n) is 3.36. The van der Waals surface area contributed by atoms with Gasteiger partial charge in [-0.3, -0.25) is 4.79 Å². The summed E-state index contributed by atoms with van der Waals surface area (Å²) in [5, 5.41) is 4.79. The molecule has 3 rings (SSSR count). The van der Waals surface area contributed by atoms with Crippen LogP contribution in [-0.2, 0) is 23.2 Å². The molecule has 0 radical (unpaired) electrons. The van der Waals surface area contributed by atoms with Gasteiger partial charge in [0.05, 0.1) is 22.8 Å². The van der Waals surface area contributed by atoms with E-state index >= 15 is 0 Å². The highest BCUT2D eigenvalue weighted by atomic mass is 127. The third-order valence-electron chi connectivity index (χ3n) is 5.25. The van der Waals surface area contributed by atoms with E-state index in [4.69, 9.17) is 21.1 Å². The average Bonchev–Trinajstić information content (AvgIpc) is 2.79. The highest BCUT2D eigenvalue weighted by molar-refractivity contribution is 14.1. The molecule has 1 N–H and O–H groups in total. The molecule has 0 saturated carbocycles. The van der Waals surface area contributed by atoms with Crippen molar-refractivity contribution in [3.63, 3.8) is 0 Å². The van der Waals surface area contributed by atoms with Crippen molar-refractivity contribution in [2.45, 2.75) is 46.1 Å². The van der Waals surface area contributed by atoms with Gasteiger partial charge in [0.15, 0.2) is 11.5 Å². The van der Waals surface area contributed by atoms with Crippen LogP contribution >= 0.6 is 34.2 Å². The molecule has 1 amide bonds. The van der Waals surface area contributed by atoms with Crippen LogP contribution in [0.4, 0.5) is 0 Å². The Morgan fingerprint density at radius 3 is 2.46 bits per heavy atom. The predicted molar refractivity (Wildman–Crippen MR) is 151 cm³/mol. The molecule has 0 unspecified atom stereocenters. The van der Waals surface area contributed by atoms with Gasteiger partial charge in [-0.15, -0.1) is 0 Å². The Morgan fingerprint density at radius 2 is 1.80 bits per heavy atom. The van der Waals surface area contributed by atoms with Crippen molar-refractivity contribution in [2.24, 2.45) is 5.10 Å². The van der Waals surface area contributed by atoms with Gasteiger partial charge in [0, 0.05) is 10.6 Å². The Balaban J connectivity index is 1.64. The molecule has 184 valence electrons. The predicted octanol–water partition coefficient (Wildman–Crippen LogP) is 6.91. The van der Waals surface area contributed by atoms with Crippen molar-refractivity contribution >= 4 is 46.3 Å². The van der Waals surface area contributed by atoms with E-state index in [1.807, 2.05) is 55.5 Å². The molecule has 0 aliphatic rings. The Kier molecular flexibility index (Phi) is 9.57. The average molecular weight is 605 g/mol. The van der Waals surface area contributed by atoms with Crippen LogP contribution < -0.4 is 14.9 Å². The summed E-state index contributed by atoms with van der Waals surface area (Å²) in [7, 11) is 0. The number of nitrogens with one attached hydrogen (secondary N) is 1. The van der Waals surface area contributed by atoms with Gasteiger partial charge in [-0.2, -0.15) is 5.10 Å². The molecule has 0 heterocycles. The van der Waals surface area contributed by atoms with Gasteiger partial charge in [-0.05, 0) is 69.8 Å². The monoisotopic (exact) mass is 604 g/mol. The van der Waals surface area contributed by atoms with Crippen LogP contribution in [0.2, 0.25) is 5.02 Å². The number of hydrogen-bond donors (Lipinski definition) is 1. The van der Waals surface area contributed by atoms with Crippen LogP contribution in [0.5, 0.6) is 11.5 Å². The minimum Gasteiger partial charge on any atom is -0.490 e. The first-order valence-corrected chi connectivity index (χ1v) is 12.9. The van der Waals surface area contributed by atoms with Crippen LogP contribution in [0, 0.1) is 3.57 Å². The summed E-state index contributed by atoms with van der Waals surface area (Å²) in [4.78, 5) is 12.3. The number of ether oxygens (including phenoxy) is 2. The molecule has 3 aromatic carbocycles. The summed E-state index contributed by atoms with van der Waals surface area (Å²) in [6.07, 6.45) is 1.86. The minimum atomic E-state index is -0.177. The molecule has 0 fully saturated rings. The molecule has 3 aromatic rings. The summed E-state index contributed by atoms with van der Waals surface area (Å²) in [6.45, 7) is 9.23.